The van der Waals surface area contributed by atoms with Gasteiger partial charge in [0.15, 0.2) is 5.13 Å². The normalized spacial score (nSPS) is 17.7. The first-order valence-electron chi connectivity index (χ1n) is 9.37. The Bertz CT molecular complexity index is 864. The molecule has 3 heterocycles. The number of aromatic nitrogens is 1. The maximum Gasteiger partial charge on any atom is 0.298 e. The highest BCUT2D eigenvalue weighted by atomic mass is 32.2. The van der Waals surface area contributed by atoms with Gasteiger partial charge in [0.1, 0.15) is 32.6 Å². The van der Waals surface area contributed by atoms with Crippen LogP contribution in [0.3, 0.4) is 0 Å². The molecule has 9 heteroatoms. The number of nitrogens with one attached hydrogen (secondary N) is 1. The predicted molar refractivity (Wildman–Crippen MR) is 110 cm³/mol. The lowest BCUT2D eigenvalue weighted by Gasteiger charge is -2.27. The number of para-hydroxylation sites is 1. The second-order valence-corrected chi connectivity index (χ2v) is 8.43. The van der Waals surface area contributed by atoms with Crippen LogP contribution >= 0.6 is 23.1 Å². The van der Waals surface area contributed by atoms with Crippen molar-refractivity contribution in [3.05, 3.63) is 30.2 Å². The van der Waals surface area contributed by atoms with E-state index in [1.165, 1.54) is 22.5 Å². The Morgan fingerprint density at radius 1 is 1.29 bits per heavy atom. The fraction of sp³-hybridized carbons (Fsp3) is 0.474. The number of hydrogen-bond acceptors (Lipinski definition) is 7. The summed E-state index contributed by atoms with van der Waals surface area (Å²) in [7, 11) is 0. The number of ether oxygens (including phenoxy) is 3. The molecule has 1 saturated heterocycles. The van der Waals surface area contributed by atoms with Crippen LogP contribution in [-0.2, 0) is 19.0 Å². The Morgan fingerprint density at radius 3 is 2.89 bits per heavy atom. The standard InChI is InChI=1S/C19H23N3O4S2/c1-27-15-3-2-4-16-17(15)20-19(28-16)22(6-5-21-7-9-24-10-8-21)18(23)14-13-25-11-12-26-14/h2-4,13H,5-12H2,1H3/p+1. The van der Waals surface area contributed by atoms with Gasteiger partial charge in [-0.3, -0.25) is 9.69 Å². The number of morpholine rings is 1. The fourth-order valence-electron chi connectivity index (χ4n) is 3.27. The summed E-state index contributed by atoms with van der Waals surface area (Å²) in [4.78, 5) is 22.3. The smallest absolute Gasteiger partial charge is 0.298 e. The molecule has 0 atom stereocenters. The quantitative estimate of drug-likeness (QED) is 0.705. The van der Waals surface area contributed by atoms with Crippen molar-refractivity contribution in [3.8, 4) is 0 Å². The molecule has 0 bridgehead atoms. The van der Waals surface area contributed by atoms with Crippen LogP contribution in [0.4, 0.5) is 5.13 Å². The number of fused-ring (bicyclic) bond motifs is 1. The molecule has 1 amide bonds. The van der Waals surface area contributed by atoms with Gasteiger partial charge in [-0.15, -0.1) is 11.8 Å². The van der Waals surface area contributed by atoms with Gasteiger partial charge in [-0.1, -0.05) is 17.4 Å². The van der Waals surface area contributed by atoms with Gasteiger partial charge < -0.3 is 19.1 Å². The first kappa shape index (κ1) is 19.5. The molecule has 0 radical (unpaired) electrons. The van der Waals surface area contributed by atoms with E-state index < -0.39 is 0 Å². The molecular weight excluding hydrogens is 398 g/mol. The third-order valence-corrected chi connectivity index (χ3v) is 6.63. The lowest BCUT2D eigenvalue weighted by atomic mass is 10.3. The molecule has 4 rings (SSSR count). The monoisotopic (exact) mass is 422 g/mol. The maximum absolute atomic E-state index is 13.2. The average molecular weight is 423 g/mol. The lowest BCUT2D eigenvalue weighted by molar-refractivity contribution is -0.906. The largest absolute Gasteiger partial charge is 0.494 e. The van der Waals surface area contributed by atoms with Crippen molar-refractivity contribution in [3.63, 3.8) is 0 Å². The van der Waals surface area contributed by atoms with Crippen LogP contribution in [0.15, 0.2) is 35.1 Å². The third kappa shape index (κ3) is 4.27. The maximum atomic E-state index is 13.2. The van der Waals surface area contributed by atoms with Gasteiger partial charge in [0.25, 0.3) is 5.91 Å². The van der Waals surface area contributed by atoms with Gasteiger partial charge in [-0.25, -0.2) is 4.98 Å². The van der Waals surface area contributed by atoms with Crippen molar-refractivity contribution in [2.24, 2.45) is 0 Å². The molecule has 0 aliphatic carbocycles. The van der Waals surface area contributed by atoms with Crippen LogP contribution in [-0.4, -0.2) is 69.8 Å². The van der Waals surface area contributed by atoms with Crippen molar-refractivity contribution in [1.82, 2.24) is 4.98 Å². The van der Waals surface area contributed by atoms with Crippen molar-refractivity contribution < 1.29 is 23.9 Å². The number of amides is 1. The Labute approximate surface area is 172 Å². The summed E-state index contributed by atoms with van der Waals surface area (Å²) in [6.07, 6.45) is 3.46. The second-order valence-electron chi connectivity index (χ2n) is 6.57. The number of anilines is 1. The molecule has 0 spiro atoms. The van der Waals surface area contributed by atoms with Crippen LogP contribution in [0.2, 0.25) is 0 Å². The first-order chi connectivity index (χ1) is 13.8. The van der Waals surface area contributed by atoms with Crippen molar-refractivity contribution in [2.75, 3.05) is 63.8 Å². The minimum atomic E-state index is -0.197. The van der Waals surface area contributed by atoms with Crippen LogP contribution < -0.4 is 9.80 Å². The molecule has 1 aromatic carbocycles. The fourth-order valence-corrected chi connectivity index (χ4v) is 4.91. The summed E-state index contributed by atoms with van der Waals surface area (Å²) in [5.74, 6) is 0.0460. The zero-order valence-electron chi connectivity index (χ0n) is 15.8. The molecule has 1 N–H and O–H groups in total. The number of carbonyl (C=O) groups is 1. The summed E-state index contributed by atoms with van der Waals surface area (Å²) in [5, 5.41) is 0.698. The third-order valence-electron chi connectivity index (χ3n) is 4.82. The Morgan fingerprint density at radius 2 is 2.14 bits per heavy atom. The Kier molecular flexibility index (Phi) is 6.36. The molecule has 0 saturated carbocycles. The van der Waals surface area contributed by atoms with E-state index in [1.807, 2.05) is 18.4 Å². The van der Waals surface area contributed by atoms with E-state index in [4.69, 9.17) is 19.2 Å². The van der Waals surface area contributed by atoms with Crippen LogP contribution in [0.5, 0.6) is 0 Å². The summed E-state index contributed by atoms with van der Waals surface area (Å²) < 4.78 is 17.4. The topological polar surface area (TPSA) is 65.3 Å². The molecule has 2 aliphatic heterocycles. The van der Waals surface area contributed by atoms with Crippen molar-refractivity contribution >= 4 is 44.4 Å². The molecule has 28 heavy (non-hydrogen) atoms. The van der Waals surface area contributed by atoms with Gasteiger partial charge in [-0.05, 0) is 18.4 Å². The predicted octanol–water partition coefficient (Wildman–Crippen LogP) is 1.15. The number of rotatable bonds is 6. The molecule has 2 aliphatic rings. The Balaban J connectivity index is 1.61. The minimum absolute atomic E-state index is 0.197. The SMILES string of the molecule is CSc1cccc2sc(N(CC[NH+]3CCOCC3)C(=O)C3=COCCO3)nc12. The average Bonchev–Trinajstić information content (AvgIpc) is 3.19. The number of hydrogen-bond donors (Lipinski definition) is 1. The summed E-state index contributed by atoms with van der Waals surface area (Å²) in [6, 6.07) is 6.13. The first-order valence-corrected chi connectivity index (χ1v) is 11.4. The van der Waals surface area contributed by atoms with Gasteiger partial charge in [0, 0.05) is 4.90 Å². The van der Waals surface area contributed by atoms with Crippen molar-refractivity contribution in [1.29, 1.82) is 0 Å². The number of quaternary nitrogens is 1. The molecule has 1 aromatic heterocycles. The van der Waals surface area contributed by atoms with Gasteiger partial charge in [-0.2, -0.15) is 0 Å². The highest BCUT2D eigenvalue weighted by Gasteiger charge is 2.28. The molecule has 1 fully saturated rings. The van der Waals surface area contributed by atoms with E-state index in [0.29, 0.717) is 24.9 Å². The van der Waals surface area contributed by atoms with Gasteiger partial charge in [0.05, 0.1) is 36.5 Å². The Hall–Kier alpha value is -1.81. The highest BCUT2D eigenvalue weighted by molar-refractivity contribution is 7.98. The van der Waals surface area contributed by atoms with E-state index >= 15 is 0 Å². The van der Waals surface area contributed by atoms with E-state index in [0.717, 1.165) is 48.0 Å². The van der Waals surface area contributed by atoms with Crippen LogP contribution in [0.1, 0.15) is 0 Å². The van der Waals surface area contributed by atoms with Crippen LogP contribution in [0, 0.1) is 0 Å². The molecule has 2 aromatic rings. The van der Waals surface area contributed by atoms with E-state index in [9.17, 15) is 4.79 Å². The highest BCUT2D eigenvalue weighted by Crippen LogP contribution is 2.34. The number of nitrogens with zero attached hydrogens (tertiary/aromatic N) is 2. The number of benzene rings is 1. The number of thioether (sulfide) groups is 1. The molecular formula is C19H24N3O4S2+. The zero-order valence-corrected chi connectivity index (χ0v) is 17.4. The number of thiazole rings is 1. The number of carbonyl (C=O) groups excluding carboxylic acids is 1. The molecule has 150 valence electrons. The summed E-state index contributed by atoms with van der Waals surface area (Å²) in [5.41, 5.74) is 0.946. The van der Waals surface area contributed by atoms with E-state index in [1.54, 1.807) is 16.7 Å². The summed E-state index contributed by atoms with van der Waals surface area (Å²) >= 11 is 3.20. The van der Waals surface area contributed by atoms with Crippen molar-refractivity contribution in [2.45, 2.75) is 4.90 Å². The zero-order chi connectivity index (χ0) is 19.3. The molecule has 7 nitrogen and oxygen atoms in total. The lowest BCUT2D eigenvalue weighted by Crippen LogP contribution is -3.14. The summed E-state index contributed by atoms with van der Waals surface area (Å²) in [6.45, 7) is 5.72. The molecule has 0 unspecified atom stereocenters. The minimum Gasteiger partial charge on any atom is -0.494 e. The van der Waals surface area contributed by atoms with E-state index in [2.05, 4.69) is 6.07 Å². The van der Waals surface area contributed by atoms with Crippen LogP contribution in [0.25, 0.3) is 10.2 Å². The van der Waals surface area contributed by atoms with E-state index in [-0.39, 0.29) is 11.7 Å². The second kappa shape index (κ2) is 9.13. The van der Waals surface area contributed by atoms with Gasteiger partial charge in [0.2, 0.25) is 5.76 Å². The van der Waals surface area contributed by atoms with Gasteiger partial charge >= 0.3 is 0 Å².